The minimum atomic E-state index is -0.158. The molecule has 0 saturated heterocycles. The molecule has 9 aromatic carbocycles. The van der Waals surface area contributed by atoms with E-state index < -0.39 is 0 Å². The molecule has 4 saturated carbocycles. The predicted molar refractivity (Wildman–Crippen MR) is 371 cm³/mol. The Kier molecular flexibility index (Phi) is 13.0. The molecule has 0 unspecified atom stereocenters. The van der Waals surface area contributed by atoms with Crippen molar-refractivity contribution >= 4 is 80.3 Å². The van der Waals surface area contributed by atoms with Crippen LogP contribution in [0.3, 0.4) is 0 Å². The number of hydrogen-bond donors (Lipinski definition) is 0. The molecule has 0 amide bonds. The molecule has 9 aromatic rings. The number of benzene rings is 9. The third kappa shape index (κ3) is 8.98. The number of hydrogen-bond acceptors (Lipinski definition) is 4. The van der Waals surface area contributed by atoms with E-state index in [1.165, 1.54) is 203 Å². The highest BCUT2D eigenvalue weighted by Crippen LogP contribution is 2.55. The van der Waals surface area contributed by atoms with Crippen molar-refractivity contribution in [1.82, 2.24) is 0 Å². The highest BCUT2D eigenvalue weighted by atomic mass is 16.5. The highest BCUT2D eigenvalue weighted by Gasteiger charge is 2.53. The second-order valence-electron chi connectivity index (χ2n) is 29.8. The average Bonchev–Trinajstić information content (AvgIpc) is 1.02. The van der Waals surface area contributed by atoms with Gasteiger partial charge in [0.25, 0.3) is 13.4 Å². The first-order valence-electron chi connectivity index (χ1n) is 34.0. The molecule has 0 spiro atoms. The van der Waals surface area contributed by atoms with E-state index in [0.717, 1.165) is 45.7 Å². The van der Waals surface area contributed by atoms with Gasteiger partial charge in [0.15, 0.2) is 0 Å². The molecule has 6 heteroatoms. The van der Waals surface area contributed by atoms with Crippen LogP contribution in [0.25, 0.3) is 22.3 Å². The monoisotopic (exact) mass is 1150 g/mol. The van der Waals surface area contributed by atoms with Gasteiger partial charge in [-0.2, -0.15) is 0 Å². The number of fused-ring (bicyclic) bond motifs is 10. The largest absolute Gasteiger partial charge is 0.456 e. The van der Waals surface area contributed by atoms with Crippen LogP contribution in [-0.4, -0.2) is 13.4 Å². The topological polar surface area (TPSA) is 24.9 Å². The molecule has 17 rings (SSSR count). The van der Waals surface area contributed by atoms with Gasteiger partial charge in [0.1, 0.15) is 23.0 Å². The summed E-state index contributed by atoms with van der Waals surface area (Å²) in [4.78, 5) is 5.25. The zero-order valence-electron chi connectivity index (χ0n) is 52.7. The van der Waals surface area contributed by atoms with E-state index in [1.54, 1.807) is 0 Å². The first-order chi connectivity index (χ1) is 42.9. The molecule has 4 fully saturated rings. The van der Waals surface area contributed by atoms with Gasteiger partial charge in [-0.05, 0) is 212 Å². The maximum Gasteiger partial charge on any atom is 0.256 e. The van der Waals surface area contributed by atoms with Gasteiger partial charge < -0.3 is 19.3 Å². The molecule has 0 radical (unpaired) electrons. The Morgan fingerprint density at radius 1 is 0.330 bits per heavy atom. The smallest absolute Gasteiger partial charge is 0.256 e. The Morgan fingerprint density at radius 2 is 0.648 bits per heavy atom. The summed E-state index contributed by atoms with van der Waals surface area (Å²) in [5, 5.41) is 0. The van der Waals surface area contributed by atoms with Gasteiger partial charge in [0.05, 0.1) is 11.4 Å². The molecule has 0 aromatic heterocycles. The molecule has 4 aliphatic carbocycles. The van der Waals surface area contributed by atoms with Crippen molar-refractivity contribution in [1.29, 1.82) is 0 Å². The zero-order chi connectivity index (χ0) is 59.2. The van der Waals surface area contributed by atoms with Crippen LogP contribution in [0.1, 0.15) is 201 Å². The first kappa shape index (κ1) is 54.5. The van der Waals surface area contributed by atoms with E-state index in [1.807, 2.05) is 0 Å². The van der Waals surface area contributed by atoms with Crippen molar-refractivity contribution < 1.29 is 9.47 Å². The van der Waals surface area contributed by atoms with E-state index in [0.29, 0.717) is 23.7 Å². The van der Waals surface area contributed by atoms with Crippen LogP contribution in [0.2, 0.25) is 0 Å². The van der Waals surface area contributed by atoms with Gasteiger partial charge in [0, 0.05) is 33.7 Å². The van der Waals surface area contributed by atoms with Crippen molar-refractivity contribution in [2.75, 3.05) is 9.80 Å². The van der Waals surface area contributed by atoms with E-state index >= 15 is 0 Å². The number of anilines is 6. The summed E-state index contributed by atoms with van der Waals surface area (Å²) in [5.74, 6) is 6.02. The molecule has 4 aliphatic heterocycles. The van der Waals surface area contributed by atoms with Gasteiger partial charge in [0.2, 0.25) is 0 Å². The standard InChI is InChI=1S/C82H82B2N2O2/c1-81(2,3)63-35-23-57(24-36-63)61-33-45-73-69(49-61)83-67-47-59(53-19-11-12-20-53)31-43-71(67)85(65-39-27-55(28-40-65)51-15-7-8-16-51)77-75(83)79(87-73)78-76-80(77)88-74-46-34-62(58-25-37-64(38-26-58)82(4,5)6)50-70(74)84(76)68-48-60(54-21-13-14-22-54)32-44-72(68)86(78)66-41-29-56(30-42-66)52-17-9-10-18-52/h23-54H,7-22H2,1-6H3. The number of nitrogens with zero attached hydrogens (tertiary/aromatic N) is 2. The summed E-state index contributed by atoms with van der Waals surface area (Å²) >= 11 is 0. The summed E-state index contributed by atoms with van der Waals surface area (Å²) in [6.07, 6.45) is 20.4. The fourth-order valence-electron chi connectivity index (χ4n) is 17.6. The molecule has 0 N–H and O–H groups in total. The van der Waals surface area contributed by atoms with Crippen molar-refractivity contribution in [3.05, 3.63) is 203 Å². The van der Waals surface area contributed by atoms with E-state index in [4.69, 9.17) is 9.47 Å². The molecule has 4 heterocycles. The van der Waals surface area contributed by atoms with E-state index in [9.17, 15) is 0 Å². The lowest BCUT2D eigenvalue weighted by molar-refractivity contribution is 0.477. The fourth-order valence-corrected chi connectivity index (χ4v) is 17.6. The SMILES string of the molecule is CC(C)(C)c1ccc(-c2ccc3c(c2)B2c4cc(C5CCCC5)ccc4N(c4ccc(C5CCCC5)cc4)c4c5c6c(c(c42)O3)N(c2ccc(C3CCCC3)cc2)c2ccc(C3CCCC3)cc2B6c2cc(-c3ccc(C(C)(C)C)cc3)ccc2O5)cc1. The molecule has 438 valence electrons. The van der Waals surface area contributed by atoms with Crippen LogP contribution in [0.15, 0.2) is 170 Å². The van der Waals surface area contributed by atoms with Crippen molar-refractivity contribution in [2.45, 2.75) is 179 Å². The highest BCUT2D eigenvalue weighted by molar-refractivity contribution is 7.02. The van der Waals surface area contributed by atoms with Crippen LogP contribution in [-0.2, 0) is 10.8 Å². The maximum absolute atomic E-state index is 8.04. The quantitative estimate of drug-likeness (QED) is 0.142. The molecule has 4 nitrogen and oxygen atoms in total. The minimum Gasteiger partial charge on any atom is -0.456 e. The van der Waals surface area contributed by atoms with Gasteiger partial charge in [-0.1, -0.05) is 214 Å². The normalized spacial score (nSPS) is 18.0. The summed E-state index contributed by atoms with van der Waals surface area (Å²) < 4.78 is 16.1. The average molecular weight is 1150 g/mol. The molecule has 0 bridgehead atoms. The Morgan fingerprint density at radius 3 is 0.989 bits per heavy atom. The van der Waals surface area contributed by atoms with Gasteiger partial charge >= 0.3 is 0 Å². The van der Waals surface area contributed by atoms with Crippen LogP contribution in [0.4, 0.5) is 34.1 Å². The van der Waals surface area contributed by atoms with Crippen LogP contribution >= 0.6 is 0 Å². The third-order valence-corrected chi connectivity index (χ3v) is 22.5. The fraction of sp³-hybridized carbons (Fsp3) is 0.341. The molecule has 0 atom stereocenters. The Bertz CT molecular complexity index is 3930. The van der Waals surface area contributed by atoms with Gasteiger partial charge in [-0.25, -0.2) is 0 Å². The van der Waals surface area contributed by atoms with Crippen molar-refractivity contribution in [3.8, 4) is 45.3 Å². The second kappa shape index (κ2) is 21.0. The van der Waals surface area contributed by atoms with Gasteiger partial charge in [-0.15, -0.1) is 0 Å². The van der Waals surface area contributed by atoms with E-state index in [-0.39, 0.29) is 24.3 Å². The molecule has 88 heavy (non-hydrogen) atoms. The lowest BCUT2D eigenvalue weighted by atomic mass is 9.31. The Balaban J connectivity index is 0.963. The van der Waals surface area contributed by atoms with Crippen molar-refractivity contribution in [3.63, 3.8) is 0 Å². The minimum absolute atomic E-state index is 0.0557. The second-order valence-corrected chi connectivity index (χ2v) is 29.8. The predicted octanol–water partition coefficient (Wildman–Crippen LogP) is 19.1. The van der Waals surface area contributed by atoms with Crippen molar-refractivity contribution in [2.24, 2.45) is 0 Å². The number of rotatable bonds is 8. The lowest BCUT2D eigenvalue weighted by Crippen LogP contribution is -2.64. The summed E-state index contributed by atoms with van der Waals surface area (Å²) in [6, 6.07) is 67.7. The lowest BCUT2D eigenvalue weighted by Gasteiger charge is -2.47. The first-order valence-corrected chi connectivity index (χ1v) is 34.0. The van der Waals surface area contributed by atoms with Crippen LogP contribution in [0, 0.1) is 0 Å². The van der Waals surface area contributed by atoms with Crippen LogP contribution < -0.4 is 52.1 Å². The summed E-state index contributed by atoms with van der Waals surface area (Å²) in [5.41, 5.74) is 27.9. The van der Waals surface area contributed by atoms with E-state index in [2.05, 4.69) is 221 Å². The number of ether oxygens (including phenoxy) is 2. The zero-order valence-corrected chi connectivity index (χ0v) is 52.7. The van der Waals surface area contributed by atoms with Crippen LogP contribution in [0.5, 0.6) is 23.0 Å². The molecule has 8 aliphatic rings. The van der Waals surface area contributed by atoms with Gasteiger partial charge in [-0.3, -0.25) is 0 Å². The maximum atomic E-state index is 8.04. The summed E-state index contributed by atoms with van der Waals surface area (Å²) in [7, 11) is 0. The summed E-state index contributed by atoms with van der Waals surface area (Å²) in [6.45, 7) is 13.5. The molecular formula is C82H82B2N2O2. The third-order valence-electron chi connectivity index (χ3n) is 22.5. The Hall–Kier alpha value is -7.69. The Labute approximate surface area is 523 Å². The molecular weight excluding hydrogens is 1070 g/mol.